The van der Waals surface area contributed by atoms with Crippen molar-refractivity contribution in [2.75, 3.05) is 13.2 Å². The SMILES string of the molecule is CCCCCCCCc1ccc(COc2ccc(-c3ccc(C(=O)OC(CCCCCOCC)C(F)(F)F)cc3)cc2)cc1. The lowest BCUT2D eigenvalue weighted by molar-refractivity contribution is -0.206. The van der Waals surface area contributed by atoms with Crippen LogP contribution >= 0.6 is 0 Å². The Morgan fingerprint density at radius 2 is 1.30 bits per heavy atom. The van der Waals surface area contributed by atoms with Gasteiger partial charge in [0.2, 0.25) is 0 Å². The van der Waals surface area contributed by atoms with E-state index in [-0.39, 0.29) is 12.0 Å². The number of rotatable bonds is 20. The molecule has 0 aliphatic rings. The van der Waals surface area contributed by atoms with Crippen LogP contribution in [0.2, 0.25) is 0 Å². The molecule has 1 atom stereocenters. The molecule has 0 saturated carbocycles. The van der Waals surface area contributed by atoms with Crippen molar-refractivity contribution in [2.45, 2.75) is 103 Å². The number of esters is 1. The molecule has 1 unspecified atom stereocenters. The molecule has 240 valence electrons. The van der Waals surface area contributed by atoms with Crippen molar-refractivity contribution in [3.05, 3.63) is 89.5 Å². The molecule has 0 aliphatic carbocycles. The van der Waals surface area contributed by atoms with Gasteiger partial charge in [0.1, 0.15) is 12.4 Å². The van der Waals surface area contributed by atoms with Gasteiger partial charge in [-0.25, -0.2) is 4.79 Å². The van der Waals surface area contributed by atoms with Crippen LogP contribution in [0.1, 0.15) is 99.5 Å². The highest BCUT2D eigenvalue weighted by Gasteiger charge is 2.42. The maximum atomic E-state index is 13.5. The maximum absolute atomic E-state index is 13.5. The molecule has 3 aromatic carbocycles. The molecule has 0 saturated heterocycles. The van der Waals surface area contributed by atoms with Crippen LogP contribution in [0, 0.1) is 0 Å². The van der Waals surface area contributed by atoms with Crippen LogP contribution in [-0.4, -0.2) is 31.5 Å². The molecule has 3 aromatic rings. The average Bonchev–Trinajstić information content (AvgIpc) is 3.03. The van der Waals surface area contributed by atoms with Gasteiger partial charge in [-0.3, -0.25) is 0 Å². The number of hydrogen-bond donors (Lipinski definition) is 0. The highest BCUT2D eigenvalue weighted by Crippen LogP contribution is 2.29. The Morgan fingerprint density at radius 1 is 0.705 bits per heavy atom. The number of carbonyl (C=O) groups is 1. The maximum Gasteiger partial charge on any atom is 0.425 e. The largest absolute Gasteiger partial charge is 0.489 e. The van der Waals surface area contributed by atoms with E-state index in [1.54, 1.807) is 12.1 Å². The summed E-state index contributed by atoms with van der Waals surface area (Å²) in [4.78, 5) is 12.5. The number of alkyl halides is 3. The van der Waals surface area contributed by atoms with Gasteiger partial charge in [0.15, 0.2) is 6.10 Å². The van der Waals surface area contributed by atoms with Gasteiger partial charge in [-0.15, -0.1) is 0 Å². The Balaban J connectivity index is 1.45. The molecule has 0 spiro atoms. The summed E-state index contributed by atoms with van der Waals surface area (Å²) in [5, 5.41) is 0. The Labute approximate surface area is 260 Å². The molecule has 3 rings (SSSR count). The zero-order valence-electron chi connectivity index (χ0n) is 26.2. The Kier molecular flexibility index (Phi) is 15.3. The third kappa shape index (κ3) is 12.7. The predicted molar refractivity (Wildman–Crippen MR) is 170 cm³/mol. The van der Waals surface area contributed by atoms with Crippen molar-refractivity contribution in [1.82, 2.24) is 0 Å². The highest BCUT2D eigenvalue weighted by atomic mass is 19.4. The number of aryl methyl sites for hydroxylation is 1. The fraction of sp³-hybridized carbons (Fsp3) is 0.486. The summed E-state index contributed by atoms with van der Waals surface area (Å²) in [7, 11) is 0. The minimum absolute atomic E-state index is 0.0808. The summed E-state index contributed by atoms with van der Waals surface area (Å²) >= 11 is 0. The minimum atomic E-state index is -4.62. The van der Waals surface area contributed by atoms with E-state index in [0.29, 0.717) is 39.1 Å². The second-order valence-electron chi connectivity index (χ2n) is 11.2. The third-order valence-electron chi connectivity index (χ3n) is 7.63. The summed E-state index contributed by atoms with van der Waals surface area (Å²) in [5.41, 5.74) is 4.28. The molecule has 0 N–H and O–H groups in total. The molecular weight excluding hydrogens is 565 g/mol. The van der Waals surface area contributed by atoms with Gasteiger partial charge >= 0.3 is 12.1 Å². The van der Waals surface area contributed by atoms with Crippen molar-refractivity contribution in [3.63, 3.8) is 0 Å². The first kappa shape index (κ1) is 35.2. The second kappa shape index (κ2) is 19.1. The lowest BCUT2D eigenvalue weighted by Gasteiger charge is -2.20. The van der Waals surface area contributed by atoms with Crippen molar-refractivity contribution in [3.8, 4) is 16.9 Å². The molecule has 0 bridgehead atoms. The van der Waals surface area contributed by atoms with E-state index in [2.05, 4.69) is 31.2 Å². The van der Waals surface area contributed by atoms with Crippen molar-refractivity contribution < 1.29 is 32.2 Å². The zero-order valence-corrected chi connectivity index (χ0v) is 26.2. The number of halogens is 3. The number of ether oxygens (including phenoxy) is 3. The first-order chi connectivity index (χ1) is 21.3. The predicted octanol–water partition coefficient (Wildman–Crippen LogP) is 10.5. The normalized spacial score (nSPS) is 12.2. The van der Waals surface area contributed by atoms with Crippen LogP contribution in [0.3, 0.4) is 0 Å². The summed E-state index contributed by atoms with van der Waals surface area (Å²) in [6.45, 7) is 5.68. The first-order valence-electron chi connectivity index (χ1n) is 16.1. The molecule has 0 amide bonds. The lowest BCUT2D eigenvalue weighted by Crippen LogP contribution is -2.33. The summed E-state index contributed by atoms with van der Waals surface area (Å²) in [6.07, 6.45) is 3.44. The molecule has 0 heterocycles. The van der Waals surface area contributed by atoms with Crippen LogP contribution in [0.25, 0.3) is 11.1 Å². The molecule has 4 nitrogen and oxygen atoms in total. The van der Waals surface area contributed by atoms with Crippen LogP contribution in [0.15, 0.2) is 72.8 Å². The van der Waals surface area contributed by atoms with Gasteiger partial charge in [0.05, 0.1) is 5.56 Å². The van der Waals surface area contributed by atoms with Gasteiger partial charge < -0.3 is 14.2 Å². The topological polar surface area (TPSA) is 44.8 Å². The number of hydrogen-bond acceptors (Lipinski definition) is 4. The summed E-state index contributed by atoms with van der Waals surface area (Å²) in [6, 6.07) is 22.6. The molecule has 44 heavy (non-hydrogen) atoms. The van der Waals surface area contributed by atoms with Crippen LogP contribution in [0.5, 0.6) is 5.75 Å². The molecule has 0 aliphatic heterocycles. The number of carbonyl (C=O) groups excluding carboxylic acids is 1. The van der Waals surface area contributed by atoms with Crippen molar-refractivity contribution >= 4 is 5.97 Å². The van der Waals surface area contributed by atoms with E-state index in [0.717, 1.165) is 28.9 Å². The lowest BCUT2D eigenvalue weighted by atomic mass is 10.0. The summed E-state index contributed by atoms with van der Waals surface area (Å²) < 4.78 is 56.5. The van der Waals surface area contributed by atoms with E-state index in [1.807, 2.05) is 31.2 Å². The smallest absolute Gasteiger partial charge is 0.425 e. The van der Waals surface area contributed by atoms with E-state index >= 15 is 0 Å². The summed E-state index contributed by atoms with van der Waals surface area (Å²) in [5.74, 6) is -0.242. The zero-order chi connectivity index (χ0) is 31.6. The standard InChI is InChI=1S/C37H47F3O4/c1-3-5-6-7-8-10-13-29-15-17-30(18-16-29)28-43-34-25-23-32(24-26-34)31-19-21-33(22-20-31)36(41)44-35(37(38,39)40)14-11-9-12-27-42-4-2/h15-26,35H,3-14,27-28H2,1-2H3. The Bertz CT molecular complexity index is 1210. The molecule has 7 heteroatoms. The highest BCUT2D eigenvalue weighted by molar-refractivity contribution is 5.90. The second-order valence-corrected chi connectivity index (χ2v) is 11.2. The quantitative estimate of drug-likeness (QED) is 0.0941. The fourth-order valence-corrected chi connectivity index (χ4v) is 4.96. The molecule has 0 aromatic heterocycles. The van der Waals surface area contributed by atoms with Crippen molar-refractivity contribution in [1.29, 1.82) is 0 Å². The van der Waals surface area contributed by atoms with Gasteiger partial charge in [-0.2, -0.15) is 13.2 Å². The molecule has 0 radical (unpaired) electrons. The monoisotopic (exact) mass is 612 g/mol. The van der Waals surface area contributed by atoms with Crippen LogP contribution < -0.4 is 4.74 Å². The Hall–Kier alpha value is -3.32. The van der Waals surface area contributed by atoms with Crippen LogP contribution in [0.4, 0.5) is 13.2 Å². The van der Waals surface area contributed by atoms with E-state index in [4.69, 9.17) is 14.2 Å². The van der Waals surface area contributed by atoms with E-state index in [9.17, 15) is 18.0 Å². The fourth-order valence-electron chi connectivity index (χ4n) is 4.96. The minimum Gasteiger partial charge on any atom is -0.489 e. The van der Waals surface area contributed by atoms with Crippen molar-refractivity contribution in [2.24, 2.45) is 0 Å². The number of unbranched alkanes of at least 4 members (excludes halogenated alkanes) is 7. The van der Waals surface area contributed by atoms with Gasteiger partial charge in [-0.1, -0.05) is 94.0 Å². The number of benzene rings is 3. The van der Waals surface area contributed by atoms with Gasteiger partial charge in [0.25, 0.3) is 0 Å². The first-order valence-corrected chi connectivity index (χ1v) is 16.1. The third-order valence-corrected chi connectivity index (χ3v) is 7.63. The van der Waals surface area contributed by atoms with E-state index < -0.39 is 18.2 Å². The van der Waals surface area contributed by atoms with Gasteiger partial charge in [0, 0.05) is 13.2 Å². The van der Waals surface area contributed by atoms with Crippen LogP contribution in [-0.2, 0) is 22.5 Å². The van der Waals surface area contributed by atoms with E-state index in [1.165, 1.54) is 56.2 Å². The molecule has 0 fully saturated rings. The molecular formula is C37H47F3O4. The van der Waals surface area contributed by atoms with Gasteiger partial charge in [-0.05, 0) is 85.5 Å². The Morgan fingerprint density at radius 3 is 1.93 bits per heavy atom. The average molecular weight is 613 g/mol.